The van der Waals surface area contributed by atoms with Gasteiger partial charge in [0.25, 0.3) is 0 Å². The van der Waals surface area contributed by atoms with Gasteiger partial charge in [0.05, 0.1) is 11.0 Å². The molecule has 3 aromatic rings. The largest absolute Gasteiger partial charge is 0.349 e. The van der Waals surface area contributed by atoms with Gasteiger partial charge in [0.15, 0.2) is 0 Å². The van der Waals surface area contributed by atoms with Crippen LogP contribution in [-0.4, -0.2) is 19.2 Å². The molecule has 2 aromatic heterocycles. The van der Waals surface area contributed by atoms with Gasteiger partial charge in [-0.25, -0.2) is 14.3 Å². The van der Waals surface area contributed by atoms with E-state index in [0.717, 1.165) is 11.0 Å². The Kier molecular flexibility index (Phi) is 1.19. The van der Waals surface area contributed by atoms with Crippen molar-refractivity contribution in [1.82, 2.24) is 19.2 Å². The van der Waals surface area contributed by atoms with Crippen molar-refractivity contribution in [3.05, 3.63) is 34.7 Å². The summed E-state index contributed by atoms with van der Waals surface area (Å²) in [5, 5.41) is 6.37. The molecule has 0 saturated heterocycles. The highest BCUT2D eigenvalue weighted by Crippen LogP contribution is 2.15. The maximum Gasteiger partial charge on any atom is 0.349 e. The van der Waals surface area contributed by atoms with Gasteiger partial charge < -0.3 is 4.57 Å². The average Bonchev–Trinajstić information content (AvgIpc) is 2.70. The number of rotatable bonds is 0. The van der Waals surface area contributed by atoms with Crippen LogP contribution in [0.1, 0.15) is 0 Å². The second-order valence-corrected chi connectivity index (χ2v) is 3.21. The third-order valence-electron chi connectivity index (χ3n) is 2.44. The molecule has 2 heterocycles. The van der Waals surface area contributed by atoms with Gasteiger partial charge in [0.1, 0.15) is 0 Å². The summed E-state index contributed by atoms with van der Waals surface area (Å²) < 4.78 is 3.45. The highest BCUT2D eigenvalue weighted by Gasteiger charge is 2.10. The van der Waals surface area contributed by atoms with Crippen molar-refractivity contribution in [2.45, 2.75) is 0 Å². The molecule has 0 radical (unpaired) electrons. The van der Waals surface area contributed by atoms with E-state index in [9.17, 15) is 4.79 Å². The third kappa shape index (κ3) is 0.693. The van der Waals surface area contributed by atoms with Gasteiger partial charge in [-0.1, -0.05) is 12.1 Å². The molecule has 0 aliphatic carbocycles. The predicted molar refractivity (Wildman–Crippen MR) is 52.3 cm³/mol. The summed E-state index contributed by atoms with van der Waals surface area (Å²) in [5.41, 5.74) is 1.68. The van der Waals surface area contributed by atoms with Crippen LogP contribution in [0.5, 0.6) is 0 Å². The minimum Gasteiger partial charge on any atom is -0.311 e. The van der Waals surface area contributed by atoms with Gasteiger partial charge in [-0.2, -0.15) is 0 Å². The van der Waals surface area contributed by atoms with E-state index in [0.29, 0.717) is 5.78 Å². The van der Waals surface area contributed by atoms with Crippen LogP contribution in [0.2, 0.25) is 0 Å². The number of hydrogen-bond acceptors (Lipinski definition) is 2. The standard InChI is InChI=1S/C9H8N4O/c1-12-6-4-2-3-5-7(6)13-8(12)10-11-9(13)14/h2-5H,1H3,(H,11,14). The normalized spacial score (nSPS) is 11.5. The molecule has 14 heavy (non-hydrogen) atoms. The zero-order chi connectivity index (χ0) is 9.71. The molecule has 0 amide bonds. The van der Waals surface area contributed by atoms with Crippen LogP contribution >= 0.6 is 0 Å². The summed E-state index contributed by atoms with van der Waals surface area (Å²) in [6.07, 6.45) is 0. The number of aryl methyl sites for hydroxylation is 1. The number of aromatic nitrogens is 4. The first-order valence-electron chi connectivity index (χ1n) is 4.29. The summed E-state index contributed by atoms with van der Waals surface area (Å²) in [6.45, 7) is 0. The molecule has 0 aliphatic heterocycles. The molecule has 1 aromatic carbocycles. The average molecular weight is 188 g/mol. The second kappa shape index (κ2) is 2.25. The lowest BCUT2D eigenvalue weighted by molar-refractivity contribution is 0.953. The molecule has 0 bridgehead atoms. The SMILES string of the molecule is Cn1c2ccccc2n2c(=O)[nH]nc12. The van der Waals surface area contributed by atoms with Crippen molar-refractivity contribution in [2.75, 3.05) is 0 Å². The zero-order valence-electron chi connectivity index (χ0n) is 7.56. The fourth-order valence-corrected chi connectivity index (χ4v) is 1.78. The van der Waals surface area contributed by atoms with Crippen molar-refractivity contribution in [2.24, 2.45) is 7.05 Å². The summed E-state index contributed by atoms with van der Waals surface area (Å²) in [4.78, 5) is 11.4. The third-order valence-corrected chi connectivity index (χ3v) is 2.44. The topological polar surface area (TPSA) is 55.1 Å². The highest BCUT2D eigenvalue weighted by molar-refractivity contribution is 5.80. The Bertz CT molecular complexity index is 673. The maximum absolute atomic E-state index is 11.4. The van der Waals surface area contributed by atoms with E-state index in [1.54, 1.807) is 4.40 Å². The van der Waals surface area contributed by atoms with Gasteiger partial charge in [0.2, 0.25) is 5.78 Å². The number of hydrogen-bond donors (Lipinski definition) is 1. The Balaban J connectivity index is 2.78. The van der Waals surface area contributed by atoms with Gasteiger partial charge in [-0.15, -0.1) is 5.10 Å². The van der Waals surface area contributed by atoms with Crippen molar-refractivity contribution >= 4 is 16.8 Å². The summed E-state index contributed by atoms with van der Waals surface area (Å²) >= 11 is 0. The molecule has 0 unspecified atom stereocenters. The lowest BCUT2D eigenvalue weighted by Gasteiger charge is -1.91. The highest BCUT2D eigenvalue weighted by atomic mass is 16.1. The van der Waals surface area contributed by atoms with E-state index in [1.807, 2.05) is 35.9 Å². The zero-order valence-corrected chi connectivity index (χ0v) is 7.56. The quantitative estimate of drug-likeness (QED) is 0.559. The van der Waals surface area contributed by atoms with Gasteiger partial charge in [0, 0.05) is 7.05 Å². The minimum absolute atomic E-state index is 0.197. The van der Waals surface area contributed by atoms with E-state index in [4.69, 9.17) is 0 Å². The van der Waals surface area contributed by atoms with Crippen LogP contribution in [0.25, 0.3) is 16.8 Å². The molecular weight excluding hydrogens is 180 g/mol. The molecule has 5 nitrogen and oxygen atoms in total. The van der Waals surface area contributed by atoms with Crippen molar-refractivity contribution in [3.8, 4) is 0 Å². The van der Waals surface area contributed by atoms with Crippen molar-refractivity contribution in [1.29, 1.82) is 0 Å². The molecular formula is C9H8N4O. The van der Waals surface area contributed by atoms with Gasteiger partial charge >= 0.3 is 5.69 Å². The monoisotopic (exact) mass is 188 g/mol. The summed E-state index contributed by atoms with van der Waals surface area (Å²) in [6, 6.07) is 7.71. The number of fused-ring (bicyclic) bond motifs is 3. The van der Waals surface area contributed by atoms with Crippen LogP contribution in [0.4, 0.5) is 0 Å². The Hall–Kier alpha value is -2.04. The number of aromatic amines is 1. The van der Waals surface area contributed by atoms with Crippen molar-refractivity contribution in [3.63, 3.8) is 0 Å². The first-order valence-corrected chi connectivity index (χ1v) is 4.29. The lowest BCUT2D eigenvalue weighted by atomic mass is 10.3. The van der Waals surface area contributed by atoms with Gasteiger partial charge in [-0.05, 0) is 12.1 Å². The van der Waals surface area contributed by atoms with Crippen LogP contribution < -0.4 is 5.69 Å². The fraction of sp³-hybridized carbons (Fsp3) is 0.111. The number of imidazole rings is 1. The van der Waals surface area contributed by atoms with E-state index < -0.39 is 0 Å². The van der Waals surface area contributed by atoms with Crippen LogP contribution in [0, 0.1) is 0 Å². The summed E-state index contributed by atoms with van der Waals surface area (Å²) in [7, 11) is 1.89. The van der Waals surface area contributed by atoms with E-state index >= 15 is 0 Å². The molecule has 0 spiro atoms. The number of nitrogens with one attached hydrogen (secondary N) is 1. The number of benzene rings is 1. The number of H-pyrrole nitrogens is 1. The van der Waals surface area contributed by atoms with E-state index in [-0.39, 0.29) is 5.69 Å². The van der Waals surface area contributed by atoms with Crippen LogP contribution in [-0.2, 0) is 7.05 Å². The molecule has 1 N–H and O–H groups in total. The number of nitrogens with zero attached hydrogens (tertiary/aromatic N) is 3. The Morgan fingerprint density at radius 1 is 1.29 bits per heavy atom. The Labute approximate surface area is 78.6 Å². The van der Waals surface area contributed by atoms with Crippen LogP contribution in [0.3, 0.4) is 0 Å². The predicted octanol–water partition coefficient (Wildman–Crippen LogP) is 0.514. The van der Waals surface area contributed by atoms with E-state index in [2.05, 4.69) is 10.2 Å². The minimum atomic E-state index is -0.197. The fourth-order valence-electron chi connectivity index (χ4n) is 1.78. The molecule has 5 heteroatoms. The maximum atomic E-state index is 11.4. The first kappa shape index (κ1) is 7.37. The van der Waals surface area contributed by atoms with Gasteiger partial charge in [-0.3, -0.25) is 0 Å². The summed E-state index contributed by atoms with van der Waals surface area (Å²) in [5.74, 6) is 0.635. The van der Waals surface area contributed by atoms with Crippen molar-refractivity contribution < 1.29 is 0 Å². The van der Waals surface area contributed by atoms with Crippen LogP contribution in [0.15, 0.2) is 29.1 Å². The lowest BCUT2D eigenvalue weighted by Crippen LogP contribution is -2.07. The first-order chi connectivity index (χ1) is 6.79. The molecule has 0 saturated carbocycles. The Morgan fingerprint density at radius 2 is 2.00 bits per heavy atom. The Morgan fingerprint density at radius 3 is 2.79 bits per heavy atom. The smallest absolute Gasteiger partial charge is 0.311 e. The molecule has 0 aliphatic rings. The molecule has 0 atom stereocenters. The van der Waals surface area contributed by atoms with E-state index in [1.165, 1.54) is 0 Å². The molecule has 3 rings (SSSR count). The molecule has 0 fully saturated rings. The number of para-hydroxylation sites is 2. The second-order valence-electron chi connectivity index (χ2n) is 3.21. The molecule has 70 valence electrons.